The maximum atomic E-state index is 12.0. The average molecular weight is 305 g/mol. The molecule has 0 spiro atoms. The van der Waals surface area contributed by atoms with Crippen LogP contribution in [0.25, 0.3) is 0 Å². The largest absolute Gasteiger partial charge is 0.484 e. The SMILES string of the molecule is CN(C)C(=O)COc1cccc(NC(=O)CC2CCCN2)c1. The molecule has 22 heavy (non-hydrogen) atoms. The smallest absolute Gasteiger partial charge is 0.259 e. The predicted molar refractivity (Wildman–Crippen MR) is 84.9 cm³/mol. The van der Waals surface area contributed by atoms with Crippen molar-refractivity contribution >= 4 is 17.5 Å². The quantitative estimate of drug-likeness (QED) is 0.829. The molecular formula is C16H23N3O3. The van der Waals surface area contributed by atoms with E-state index in [-0.39, 0.29) is 24.5 Å². The zero-order valence-electron chi connectivity index (χ0n) is 13.1. The van der Waals surface area contributed by atoms with Crippen LogP contribution in [0.5, 0.6) is 5.75 Å². The summed E-state index contributed by atoms with van der Waals surface area (Å²) in [5.74, 6) is 0.439. The minimum absolute atomic E-state index is 0.0130. The molecule has 0 aromatic heterocycles. The minimum Gasteiger partial charge on any atom is -0.484 e. The normalized spacial score (nSPS) is 17.1. The number of nitrogens with zero attached hydrogens (tertiary/aromatic N) is 1. The maximum absolute atomic E-state index is 12.0. The van der Waals surface area contributed by atoms with Crippen LogP contribution in [0.3, 0.4) is 0 Å². The van der Waals surface area contributed by atoms with Gasteiger partial charge in [-0.3, -0.25) is 9.59 Å². The Hall–Kier alpha value is -2.08. The summed E-state index contributed by atoms with van der Waals surface area (Å²) in [4.78, 5) is 25.0. The lowest BCUT2D eigenvalue weighted by Gasteiger charge is -2.13. The molecule has 2 amide bonds. The van der Waals surface area contributed by atoms with Crippen molar-refractivity contribution in [2.45, 2.75) is 25.3 Å². The Labute approximate surface area is 130 Å². The van der Waals surface area contributed by atoms with Crippen LogP contribution in [-0.2, 0) is 9.59 Å². The summed E-state index contributed by atoms with van der Waals surface area (Å²) < 4.78 is 5.43. The second-order valence-corrected chi connectivity index (χ2v) is 5.65. The number of carbonyl (C=O) groups is 2. The lowest BCUT2D eigenvalue weighted by molar-refractivity contribution is -0.130. The van der Waals surface area contributed by atoms with E-state index < -0.39 is 0 Å². The van der Waals surface area contributed by atoms with Crippen LogP contribution >= 0.6 is 0 Å². The minimum atomic E-state index is -0.109. The molecule has 0 saturated carbocycles. The van der Waals surface area contributed by atoms with E-state index in [1.807, 2.05) is 0 Å². The number of rotatable bonds is 6. The van der Waals surface area contributed by atoms with Crippen molar-refractivity contribution in [1.82, 2.24) is 10.2 Å². The number of nitrogens with one attached hydrogen (secondary N) is 2. The Bertz CT molecular complexity index is 525. The Morgan fingerprint density at radius 2 is 2.23 bits per heavy atom. The van der Waals surface area contributed by atoms with Gasteiger partial charge in [0.1, 0.15) is 5.75 Å². The van der Waals surface area contributed by atoms with Crippen molar-refractivity contribution in [3.8, 4) is 5.75 Å². The summed E-state index contributed by atoms with van der Waals surface area (Å²) in [6.07, 6.45) is 2.65. The summed E-state index contributed by atoms with van der Waals surface area (Å²) in [7, 11) is 3.36. The van der Waals surface area contributed by atoms with E-state index in [2.05, 4.69) is 10.6 Å². The summed E-state index contributed by atoms with van der Waals surface area (Å²) in [5, 5.41) is 6.17. The summed E-state index contributed by atoms with van der Waals surface area (Å²) in [6, 6.07) is 7.36. The molecule has 0 bridgehead atoms. The number of carbonyl (C=O) groups excluding carboxylic acids is 2. The van der Waals surface area contributed by atoms with Gasteiger partial charge in [0.15, 0.2) is 6.61 Å². The monoisotopic (exact) mass is 305 g/mol. The molecule has 0 radical (unpaired) electrons. The van der Waals surface area contributed by atoms with Crippen molar-refractivity contribution < 1.29 is 14.3 Å². The van der Waals surface area contributed by atoms with Gasteiger partial charge in [0, 0.05) is 38.3 Å². The fourth-order valence-electron chi connectivity index (χ4n) is 2.30. The standard InChI is InChI=1S/C16H23N3O3/c1-19(2)16(21)11-22-14-7-3-5-13(9-14)18-15(20)10-12-6-4-8-17-12/h3,5,7,9,12,17H,4,6,8,10-11H2,1-2H3,(H,18,20). The van der Waals surface area contributed by atoms with Crippen molar-refractivity contribution in [2.75, 3.05) is 32.6 Å². The van der Waals surface area contributed by atoms with E-state index in [4.69, 9.17) is 4.74 Å². The van der Waals surface area contributed by atoms with Gasteiger partial charge < -0.3 is 20.3 Å². The lowest BCUT2D eigenvalue weighted by atomic mass is 10.1. The van der Waals surface area contributed by atoms with Gasteiger partial charge in [-0.15, -0.1) is 0 Å². The number of benzene rings is 1. The Kier molecular flexibility index (Phi) is 5.77. The van der Waals surface area contributed by atoms with Gasteiger partial charge in [-0.05, 0) is 31.5 Å². The van der Waals surface area contributed by atoms with Gasteiger partial charge in [-0.25, -0.2) is 0 Å². The summed E-state index contributed by atoms with van der Waals surface area (Å²) >= 11 is 0. The third kappa shape index (κ3) is 5.04. The highest BCUT2D eigenvalue weighted by molar-refractivity contribution is 5.91. The summed E-state index contributed by atoms with van der Waals surface area (Å²) in [6.45, 7) is 0.970. The number of likely N-dealkylation sites (N-methyl/N-ethyl adjacent to an activating group) is 1. The van der Waals surface area contributed by atoms with E-state index in [0.29, 0.717) is 17.9 Å². The van der Waals surface area contributed by atoms with Crippen LogP contribution in [0.2, 0.25) is 0 Å². The number of ether oxygens (including phenoxy) is 1. The van der Waals surface area contributed by atoms with E-state index in [0.717, 1.165) is 19.4 Å². The molecule has 2 rings (SSSR count). The van der Waals surface area contributed by atoms with Gasteiger partial charge >= 0.3 is 0 Å². The molecule has 1 saturated heterocycles. The van der Waals surface area contributed by atoms with Crippen LogP contribution in [0.15, 0.2) is 24.3 Å². The Balaban J connectivity index is 1.85. The van der Waals surface area contributed by atoms with Gasteiger partial charge in [0.25, 0.3) is 5.91 Å². The molecule has 0 aliphatic carbocycles. The van der Waals surface area contributed by atoms with Crippen molar-refractivity contribution in [2.24, 2.45) is 0 Å². The fraction of sp³-hybridized carbons (Fsp3) is 0.500. The van der Waals surface area contributed by atoms with Crippen LogP contribution < -0.4 is 15.4 Å². The molecule has 120 valence electrons. The first-order valence-corrected chi connectivity index (χ1v) is 7.51. The van der Waals surface area contributed by atoms with Gasteiger partial charge in [0.2, 0.25) is 5.91 Å². The van der Waals surface area contributed by atoms with Crippen LogP contribution in [-0.4, -0.2) is 50.0 Å². The number of anilines is 1. The highest BCUT2D eigenvalue weighted by Gasteiger charge is 2.17. The second kappa shape index (κ2) is 7.79. The zero-order valence-corrected chi connectivity index (χ0v) is 13.1. The van der Waals surface area contributed by atoms with Gasteiger partial charge in [0.05, 0.1) is 0 Å². The van der Waals surface area contributed by atoms with Gasteiger partial charge in [-0.1, -0.05) is 6.07 Å². The van der Waals surface area contributed by atoms with Crippen LogP contribution in [0.4, 0.5) is 5.69 Å². The molecule has 6 heteroatoms. The zero-order chi connectivity index (χ0) is 15.9. The molecular weight excluding hydrogens is 282 g/mol. The summed E-state index contributed by atoms with van der Waals surface area (Å²) in [5.41, 5.74) is 0.679. The number of amides is 2. The van der Waals surface area contributed by atoms with E-state index >= 15 is 0 Å². The van der Waals surface area contributed by atoms with E-state index in [1.54, 1.807) is 38.4 Å². The lowest BCUT2D eigenvalue weighted by Crippen LogP contribution is -2.28. The van der Waals surface area contributed by atoms with Crippen molar-refractivity contribution in [3.05, 3.63) is 24.3 Å². The fourth-order valence-corrected chi connectivity index (χ4v) is 2.30. The Morgan fingerprint density at radius 1 is 1.41 bits per heavy atom. The first kappa shape index (κ1) is 16.3. The molecule has 1 atom stereocenters. The molecule has 1 aliphatic rings. The molecule has 1 heterocycles. The highest BCUT2D eigenvalue weighted by Crippen LogP contribution is 2.18. The second-order valence-electron chi connectivity index (χ2n) is 5.65. The van der Waals surface area contributed by atoms with Crippen molar-refractivity contribution in [1.29, 1.82) is 0 Å². The molecule has 1 unspecified atom stereocenters. The van der Waals surface area contributed by atoms with E-state index in [1.165, 1.54) is 4.90 Å². The van der Waals surface area contributed by atoms with Gasteiger partial charge in [-0.2, -0.15) is 0 Å². The maximum Gasteiger partial charge on any atom is 0.259 e. The highest BCUT2D eigenvalue weighted by atomic mass is 16.5. The van der Waals surface area contributed by atoms with Crippen molar-refractivity contribution in [3.63, 3.8) is 0 Å². The number of hydrogen-bond donors (Lipinski definition) is 2. The first-order valence-electron chi connectivity index (χ1n) is 7.51. The number of hydrogen-bond acceptors (Lipinski definition) is 4. The predicted octanol–water partition coefficient (Wildman–Crippen LogP) is 1.23. The molecule has 1 aromatic rings. The molecule has 1 aromatic carbocycles. The third-order valence-corrected chi connectivity index (χ3v) is 3.57. The Morgan fingerprint density at radius 3 is 2.91 bits per heavy atom. The molecule has 1 fully saturated rings. The molecule has 1 aliphatic heterocycles. The van der Waals surface area contributed by atoms with Crippen LogP contribution in [0, 0.1) is 0 Å². The molecule has 2 N–H and O–H groups in total. The van der Waals surface area contributed by atoms with Crippen LogP contribution in [0.1, 0.15) is 19.3 Å². The topological polar surface area (TPSA) is 70.7 Å². The third-order valence-electron chi connectivity index (χ3n) is 3.57. The van der Waals surface area contributed by atoms with E-state index in [9.17, 15) is 9.59 Å². The first-order chi connectivity index (χ1) is 10.5. The molecule has 6 nitrogen and oxygen atoms in total. The average Bonchev–Trinajstić information content (AvgIpc) is 2.97.